The van der Waals surface area contributed by atoms with Gasteiger partial charge in [0.15, 0.2) is 0 Å². The van der Waals surface area contributed by atoms with E-state index >= 15 is 0 Å². The minimum atomic E-state index is 1.06. The van der Waals surface area contributed by atoms with Crippen LogP contribution in [0, 0.1) is 0 Å². The van der Waals surface area contributed by atoms with Crippen LogP contribution < -0.4 is 0 Å². The van der Waals surface area contributed by atoms with Gasteiger partial charge < -0.3 is 0 Å². The third kappa shape index (κ3) is 2.02. The molecule has 0 bridgehead atoms. The number of rotatable bonds is 1. The van der Waals surface area contributed by atoms with Crippen molar-refractivity contribution in [3.05, 3.63) is 40.1 Å². The minimum absolute atomic E-state index is 1.06. The normalized spacial score (nSPS) is 16.2. The molecule has 0 aliphatic heterocycles. The molecule has 0 saturated heterocycles. The topological polar surface area (TPSA) is 0 Å². The first-order valence-corrected chi connectivity index (χ1v) is 4.11. The Hall–Kier alpha value is -0.520. The van der Waals surface area contributed by atoms with Gasteiger partial charge in [0.1, 0.15) is 0 Å². The summed E-state index contributed by atoms with van der Waals surface area (Å²) in [6.07, 6.45) is 9.06. The van der Waals surface area contributed by atoms with Crippen LogP contribution in [0.2, 0.25) is 0 Å². The van der Waals surface area contributed by atoms with Crippen LogP contribution in [-0.2, 0) is 0 Å². The van der Waals surface area contributed by atoms with Gasteiger partial charge in [-0.25, -0.2) is 0 Å². The lowest BCUT2D eigenvalue weighted by atomic mass is 10.2. The van der Waals surface area contributed by atoms with Gasteiger partial charge in [0, 0.05) is 4.48 Å². The van der Waals surface area contributed by atoms with Crippen molar-refractivity contribution in [2.24, 2.45) is 0 Å². The van der Waals surface area contributed by atoms with Gasteiger partial charge in [0.05, 0.1) is 0 Å². The van der Waals surface area contributed by atoms with Crippen molar-refractivity contribution in [3.8, 4) is 0 Å². The Balaban J connectivity index is 2.93. The Labute approximate surface area is 69.8 Å². The Bertz CT molecular complexity index is 237. The Kier molecular flexibility index (Phi) is 2.73. The zero-order valence-corrected chi connectivity index (χ0v) is 7.48. The van der Waals surface area contributed by atoms with E-state index in [1.165, 1.54) is 5.57 Å². The zero-order chi connectivity index (χ0) is 7.40. The molecule has 0 nitrogen and oxygen atoms in total. The van der Waals surface area contributed by atoms with Crippen LogP contribution in [0.25, 0.3) is 0 Å². The fourth-order valence-electron chi connectivity index (χ4n) is 0.754. The minimum Gasteiger partial charge on any atom is -0.120 e. The second kappa shape index (κ2) is 3.60. The molecule has 1 aliphatic carbocycles. The maximum atomic E-state index is 3.41. The third-order valence-electron chi connectivity index (χ3n) is 1.34. The summed E-state index contributed by atoms with van der Waals surface area (Å²) in [6, 6.07) is 0. The highest BCUT2D eigenvalue weighted by Crippen LogP contribution is 2.14. The van der Waals surface area contributed by atoms with Gasteiger partial charge in [0.2, 0.25) is 0 Å². The first kappa shape index (κ1) is 7.59. The van der Waals surface area contributed by atoms with E-state index in [1.54, 1.807) is 0 Å². The van der Waals surface area contributed by atoms with Crippen LogP contribution in [0.15, 0.2) is 40.1 Å². The van der Waals surface area contributed by atoms with Gasteiger partial charge in [-0.2, -0.15) is 0 Å². The van der Waals surface area contributed by atoms with Gasteiger partial charge in [-0.3, -0.25) is 0 Å². The summed E-state index contributed by atoms with van der Waals surface area (Å²) in [5.74, 6) is 0. The molecule has 0 N–H and O–H groups in total. The highest BCUT2D eigenvalue weighted by molar-refractivity contribution is 9.11. The smallest absolute Gasteiger partial charge is 0.0184 e. The molecule has 0 unspecified atom stereocenters. The number of hydrogen-bond acceptors (Lipinski definition) is 0. The maximum absolute atomic E-state index is 3.41. The van der Waals surface area contributed by atoms with Crippen molar-refractivity contribution in [3.63, 3.8) is 0 Å². The van der Waals surface area contributed by atoms with E-state index in [2.05, 4.69) is 34.7 Å². The van der Waals surface area contributed by atoms with Gasteiger partial charge in [0.25, 0.3) is 0 Å². The Morgan fingerprint density at radius 2 is 2.40 bits per heavy atom. The molecular formula is C9H9Br. The lowest BCUT2D eigenvalue weighted by Crippen LogP contribution is -1.71. The van der Waals surface area contributed by atoms with Crippen LogP contribution >= 0.6 is 15.9 Å². The number of hydrogen-bond donors (Lipinski definition) is 0. The van der Waals surface area contributed by atoms with E-state index in [-0.39, 0.29) is 0 Å². The van der Waals surface area contributed by atoms with Gasteiger partial charge in [-0.1, -0.05) is 22.9 Å². The summed E-state index contributed by atoms with van der Waals surface area (Å²) in [7, 11) is 0. The highest BCUT2D eigenvalue weighted by atomic mass is 79.9. The van der Waals surface area contributed by atoms with Crippen LogP contribution in [-0.4, -0.2) is 0 Å². The van der Waals surface area contributed by atoms with Crippen molar-refractivity contribution >= 4 is 15.9 Å². The fraction of sp³-hybridized carbons (Fsp3) is 0.222. The van der Waals surface area contributed by atoms with Crippen LogP contribution in [0.5, 0.6) is 0 Å². The van der Waals surface area contributed by atoms with Crippen molar-refractivity contribution in [2.75, 3.05) is 0 Å². The Morgan fingerprint density at radius 1 is 1.60 bits per heavy atom. The molecule has 1 rings (SSSR count). The summed E-state index contributed by atoms with van der Waals surface area (Å²) >= 11 is 3.41. The van der Waals surface area contributed by atoms with E-state index in [4.69, 9.17) is 0 Å². The molecule has 0 radical (unpaired) electrons. The molecule has 0 heterocycles. The summed E-state index contributed by atoms with van der Waals surface area (Å²) in [5.41, 5.74) is 4.36. The third-order valence-corrected chi connectivity index (χ3v) is 1.83. The number of halogens is 1. The van der Waals surface area contributed by atoms with Gasteiger partial charge in [-0.15, -0.1) is 5.73 Å². The molecule has 10 heavy (non-hydrogen) atoms. The van der Waals surface area contributed by atoms with E-state index in [9.17, 15) is 0 Å². The summed E-state index contributed by atoms with van der Waals surface area (Å²) in [5, 5.41) is 0. The first-order chi connectivity index (χ1) is 4.83. The molecule has 0 aromatic rings. The molecule has 0 fully saturated rings. The van der Waals surface area contributed by atoms with Crippen molar-refractivity contribution < 1.29 is 0 Å². The average molecular weight is 197 g/mol. The molecule has 1 heteroatoms. The molecule has 0 aromatic heterocycles. The quantitative estimate of drug-likeness (QED) is 0.565. The zero-order valence-electron chi connectivity index (χ0n) is 5.89. The molecule has 0 aromatic carbocycles. The fourth-order valence-corrected chi connectivity index (χ4v) is 1.18. The monoisotopic (exact) mass is 196 g/mol. The largest absolute Gasteiger partial charge is 0.120 e. The van der Waals surface area contributed by atoms with Crippen molar-refractivity contribution in [2.45, 2.75) is 13.3 Å². The SMILES string of the molecule is CCC1=CC(Br)=CC=C=C1. The predicted octanol–water partition coefficient (Wildman–Crippen LogP) is 3.33. The molecule has 1 aliphatic rings. The lowest BCUT2D eigenvalue weighted by Gasteiger charge is -1.91. The molecule has 0 atom stereocenters. The second-order valence-electron chi connectivity index (χ2n) is 2.10. The van der Waals surface area contributed by atoms with Crippen LogP contribution in [0.1, 0.15) is 13.3 Å². The van der Waals surface area contributed by atoms with Crippen LogP contribution in [0.4, 0.5) is 0 Å². The van der Waals surface area contributed by atoms with E-state index < -0.39 is 0 Å². The standard InChI is InChI=1S/C9H9Br/c1-2-8-5-3-4-6-9(10)7-8/h4-7H,2H2,1H3. The maximum Gasteiger partial charge on any atom is 0.0184 e. The predicted molar refractivity (Wildman–Crippen MR) is 48.0 cm³/mol. The molecule has 0 saturated carbocycles. The second-order valence-corrected chi connectivity index (χ2v) is 3.02. The van der Waals surface area contributed by atoms with E-state index in [0.29, 0.717) is 0 Å². The van der Waals surface area contributed by atoms with Crippen molar-refractivity contribution in [1.29, 1.82) is 0 Å². The molecule has 0 spiro atoms. The van der Waals surface area contributed by atoms with Gasteiger partial charge >= 0.3 is 0 Å². The lowest BCUT2D eigenvalue weighted by molar-refractivity contribution is 1.15. The highest BCUT2D eigenvalue weighted by Gasteiger charge is 1.90. The molecular weight excluding hydrogens is 188 g/mol. The summed E-state index contributed by atoms with van der Waals surface area (Å²) < 4.78 is 1.12. The van der Waals surface area contributed by atoms with Crippen LogP contribution in [0.3, 0.4) is 0 Å². The average Bonchev–Trinajstić information content (AvgIpc) is 2.13. The molecule has 52 valence electrons. The molecule has 0 amide bonds. The van der Waals surface area contributed by atoms with Crippen molar-refractivity contribution in [1.82, 2.24) is 0 Å². The summed E-state index contributed by atoms with van der Waals surface area (Å²) in [6.45, 7) is 2.13. The van der Waals surface area contributed by atoms with E-state index in [0.717, 1.165) is 10.9 Å². The Morgan fingerprint density at radius 3 is 3.10 bits per heavy atom. The van der Waals surface area contributed by atoms with E-state index in [1.807, 2.05) is 18.2 Å². The summed E-state index contributed by atoms with van der Waals surface area (Å²) in [4.78, 5) is 0. The van der Waals surface area contributed by atoms with Gasteiger partial charge in [-0.05, 0) is 36.3 Å². The number of allylic oxidation sites excluding steroid dienone is 5. The first-order valence-electron chi connectivity index (χ1n) is 3.32.